The predicted octanol–water partition coefficient (Wildman–Crippen LogP) is 0.935. The molecule has 1 aliphatic rings. The summed E-state index contributed by atoms with van der Waals surface area (Å²) < 4.78 is 27.0. The summed E-state index contributed by atoms with van der Waals surface area (Å²) >= 11 is 0. The molecule has 0 bridgehead atoms. The lowest BCUT2D eigenvalue weighted by molar-refractivity contribution is 0.155. The highest BCUT2D eigenvalue weighted by molar-refractivity contribution is 7.89. The minimum atomic E-state index is -3.60. The van der Waals surface area contributed by atoms with Crippen molar-refractivity contribution in [3.05, 3.63) is 23.3 Å². The molecule has 0 aromatic heterocycles. The van der Waals surface area contributed by atoms with Gasteiger partial charge in [-0.15, -0.1) is 0 Å². The van der Waals surface area contributed by atoms with E-state index in [9.17, 15) is 13.5 Å². The van der Waals surface area contributed by atoms with Gasteiger partial charge in [-0.3, -0.25) is 0 Å². The van der Waals surface area contributed by atoms with Crippen LogP contribution in [-0.4, -0.2) is 26.2 Å². The number of nitrogens with one attached hydrogen (secondary N) is 1. The largest absolute Gasteiger partial charge is 0.399 e. The van der Waals surface area contributed by atoms with Crippen LogP contribution in [0.15, 0.2) is 17.0 Å². The molecule has 5 nitrogen and oxygen atoms in total. The maximum atomic E-state index is 12.3. The normalized spacial score (nSPS) is 17.4. The molecule has 0 aliphatic heterocycles. The smallest absolute Gasteiger partial charge is 0.241 e. The Morgan fingerprint density at radius 1 is 1.37 bits per heavy atom. The number of anilines is 1. The fourth-order valence-electron chi connectivity index (χ4n) is 2.32. The molecule has 19 heavy (non-hydrogen) atoms. The van der Waals surface area contributed by atoms with Crippen molar-refractivity contribution in [2.45, 2.75) is 37.7 Å². The molecule has 1 aromatic carbocycles. The summed E-state index contributed by atoms with van der Waals surface area (Å²) in [6.07, 6.45) is 1.36. The second-order valence-electron chi connectivity index (χ2n) is 5.24. The number of aliphatic hydroxyl groups excluding tert-OH is 1. The fraction of sp³-hybridized carbons (Fsp3) is 0.538. The molecule has 1 aliphatic carbocycles. The Morgan fingerprint density at radius 3 is 2.37 bits per heavy atom. The van der Waals surface area contributed by atoms with Gasteiger partial charge in [-0.25, -0.2) is 13.1 Å². The number of hydrogen-bond donors (Lipinski definition) is 3. The number of nitrogens with two attached hydrogens (primary N) is 1. The van der Waals surface area contributed by atoms with Gasteiger partial charge in [0.05, 0.1) is 11.0 Å². The van der Waals surface area contributed by atoms with E-state index in [1.807, 2.05) is 0 Å². The van der Waals surface area contributed by atoms with Gasteiger partial charge in [-0.1, -0.05) is 0 Å². The second-order valence-corrected chi connectivity index (χ2v) is 6.94. The number of benzene rings is 1. The van der Waals surface area contributed by atoms with E-state index in [-0.39, 0.29) is 17.4 Å². The summed E-state index contributed by atoms with van der Waals surface area (Å²) in [6.45, 7) is 3.50. The van der Waals surface area contributed by atoms with Gasteiger partial charge in [0.2, 0.25) is 10.0 Å². The van der Waals surface area contributed by atoms with Gasteiger partial charge < -0.3 is 10.8 Å². The first-order chi connectivity index (χ1) is 8.81. The van der Waals surface area contributed by atoms with E-state index >= 15 is 0 Å². The Labute approximate surface area is 113 Å². The van der Waals surface area contributed by atoms with Crippen LogP contribution in [-0.2, 0) is 10.0 Å². The van der Waals surface area contributed by atoms with Crippen LogP contribution >= 0.6 is 0 Å². The molecule has 0 radical (unpaired) electrons. The Kier molecular flexibility index (Phi) is 3.85. The number of sulfonamides is 1. The third-order valence-corrected chi connectivity index (χ3v) is 5.13. The average Bonchev–Trinajstić information content (AvgIpc) is 3.07. The summed E-state index contributed by atoms with van der Waals surface area (Å²) in [6, 6.07) is 3.28. The van der Waals surface area contributed by atoms with Crippen LogP contribution in [0.3, 0.4) is 0 Å². The van der Waals surface area contributed by atoms with Crippen molar-refractivity contribution in [3.8, 4) is 0 Å². The molecule has 0 saturated heterocycles. The van der Waals surface area contributed by atoms with E-state index in [4.69, 9.17) is 5.73 Å². The minimum absolute atomic E-state index is 0.0657. The van der Waals surface area contributed by atoms with Crippen molar-refractivity contribution in [2.24, 2.45) is 5.92 Å². The van der Waals surface area contributed by atoms with Crippen molar-refractivity contribution < 1.29 is 13.5 Å². The predicted molar refractivity (Wildman–Crippen MR) is 74.2 cm³/mol. The first-order valence-electron chi connectivity index (χ1n) is 6.35. The lowest BCUT2D eigenvalue weighted by atomic mass is 10.1. The third kappa shape index (κ3) is 3.26. The maximum absolute atomic E-state index is 12.3. The topological polar surface area (TPSA) is 92.4 Å². The first kappa shape index (κ1) is 14.3. The van der Waals surface area contributed by atoms with Gasteiger partial charge in [0, 0.05) is 12.2 Å². The van der Waals surface area contributed by atoms with E-state index in [1.165, 1.54) is 0 Å². The Hall–Kier alpha value is -1.11. The lowest BCUT2D eigenvalue weighted by Gasteiger charge is -2.15. The summed E-state index contributed by atoms with van der Waals surface area (Å²) in [5, 5.41) is 9.73. The summed E-state index contributed by atoms with van der Waals surface area (Å²) in [7, 11) is -3.60. The molecule has 1 atom stereocenters. The zero-order valence-corrected chi connectivity index (χ0v) is 12.0. The summed E-state index contributed by atoms with van der Waals surface area (Å²) in [5.74, 6) is 0.247. The minimum Gasteiger partial charge on any atom is -0.399 e. The zero-order valence-electron chi connectivity index (χ0n) is 11.2. The standard InChI is InChI=1S/C13H20N2O3S/c1-8-5-11(14)6-9(2)13(8)19(17,18)15-7-12(16)10-3-4-10/h5-6,10,12,15-16H,3-4,7,14H2,1-2H3. The molecule has 1 fully saturated rings. The van der Waals surface area contributed by atoms with E-state index in [0.29, 0.717) is 16.8 Å². The van der Waals surface area contributed by atoms with E-state index in [0.717, 1.165) is 12.8 Å². The van der Waals surface area contributed by atoms with Crippen molar-refractivity contribution in [2.75, 3.05) is 12.3 Å². The average molecular weight is 284 g/mol. The molecular weight excluding hydrogens is 264 g/mol. The van der Waals surface area contributed by atoms with Crippen molar-refractivity contribution >= 4 is 15.7 Å². The molecule has 2 rings (SSSR count). The summed E-state index contributed by atoms with van der Waals surface area (Å²) in [5.41, 5.74) is 7.47. The molecule has 0 spiro atoms. The molecule has 1 saturated carbocycles. The number of aryl methyl sites for hydroxylation is 2. The van der Waals surface area contributed by atoms with Gasteiger partial charge in [0.15, 0.2) is 0 Å². The van der Waals surface area contributed by atoms with E-state index in [1.54, 1.807) is 26.0 Å². The third-order valence-electron chi connectivity index (χ3n) is 3.40. The SMILES string of the molecule is Cc1cc(N)cc(C)c1S(=O)(=O)NCC(O)C1CC1. The molecule has 0 amide bonds. The van der Waals surface area contributed by atoms with Crippen LogP contribution in [0.5, 0.6) is 0 Å². The highest BCUT2D eigenvalue weighted by atomic mass is 32.2. The van der Waals surface area contributed by atoms with Crippen LogP contribution in [0.4, 0.5) is 5.69 Å². The number of nitrogen functional groups attached to an aromatic ring is 1. The molecular formula is C13H20N2O3S. The van der Waals surface area contributed by atoms with Gasteiger partial charge in [0.25, 0.3) is 0 Å². The quantitative estimate of drug-likeness (QED) is 0.701. The van der Waals surface area contributed by atoms with Gasteiger partial charge in [-0.05, 0) is 55.9 Å². The highest BCUT2D eigenvalue weighted by Crippen LogP contribution is 2.32. The van der Waals surface area contributed by atoms with Crippen molar-refractivity contribution in [3.63, 3.8) is 0 Å². The Morgan fingerprint density at radius 2 is 1.89 bits per heavy atom. The van der Waals surface area contributed by atoms with Crippen molar-refractivity contribution in [1.29, 1.82) is 0 Å². The van der Waals surface area contributed by atoms with Crippen LogP contribution < -0.4 is 10.5 Å². The van der Waals surface area contributed by atoms with Crippen LogP contribution in [0.2, 0.25) is 0 Å². The second kappa shape index (κ2) is 5.11. The number of rotatable bonds is 5. The molecule has 106 valence electrons. The molecule has 1 unspecified atom stereocenters. The van der Waals surface area contributed by atoms with Crippen LogP contribution in [0.1, 0.15) is 24.0 Å². The molecule has 1 aromatic rings. The number of aliphatic hydroxyl groups is 1. The monoisotopic (exact) mass is 284 g/mol. The highest BCUT2D eigenvalue weighted by Gasteiger charge is 2.31. The maximum Gasteiger partial charge on any atom is 0.241 e. The first-order valence-corrected chi connectivity index (χ1v) is 7.84. The Balaban J connectivity index is 2.19. The lowest BCUT2D eigenvalue weighted by Crippen LogP contribution is -2.33. The Bertz CT molecular complexity index is 557. The molecule has 4 N–H and O–H groups in total. The van der Waals surface area contributed by atoms with E-state index < -0.39 is 16.1 Å². The van der Waals surface area contributed by atoms with Gasteiger partial charge in [-0.2, -0.15) is 0 Å². The van der Waals surface area contributed by atoms with Crippen LogP contribution in [0, 0.1) is 19.8 Å². The van der Waals surface area contributed by atoms with E-state index in [2.05, 4.69) is 4.72 Å². The van der Waals surface area contributed by atoms with Gasteiger partial charge in [0.1, 0.15) is 0 Å². The summed E-state index contributed by atoms with van der Waals surface area (Å²) in [4.78, 5) is 0.254. The van der Waals surface area contributed by atoms with Gasteiger partial charge >= 0.3 is 0 Å². The fourth-order valence-corrected chi connectivity index (χ4v) is 3.82. The molecule has 6 heteroatoms. The van der Waals surface area contributed by atoms with Crippen molar-refractivity contribution in [1.82, 2.24) is 4.72 Å². The van der Waals surface area contributed by atoms with Crippen LogP contribution in [0.25, 0.3) is 0 Å². The molecule has 0 heterocycles. The zero-order chi connectivity index (χ0) is 14.2. The number of hydrogen-bond acceptors (Lipinski definition) is 4.